The van der Waals surface area contributed by atoms with Crippen molar-refractivity contribution in [3.63, 3.8) is 0 Å². The first kappa shape index (κ1) is 21.8. The van der Waals surface area contributed by atoms with Crippen molar-refractivity contribution < 1.29 is 18.3 Å². The summed E-state index contributed by atoms with van der Waals surface area (Å²) >= 11 is 0. The summed E-state index contributed by atoms with van der Waals surface area (Å²) in [6, 6.07) is 11.7. The zero-order valence-electron chi connectivity index (χ0n) is 18.5. The second kappa shape index (κ2) is 9.05. The molecule has 1 atom stereocenters. The summed E-state index contributed by atoms with van der Waals surface area (Å²) in [5.41, 5.74) is 0.465. The molecular weight excluding hydrogens is 437 g/mol. The first-order valence-corrected chi connectivity index (χ1v) is 11.2. The zero-order valence-corrected chi connectivity index (χ0v) is 18.5. The van der Waals surface area contributed by atoms with Gasteiger partial charge in [0.05, 0.1) is 23.6 Å². The van der Waals surface area contributed by atoms with Crippen LogP contribution in [0.2, 0.25) is 0 Å². The fourth-order valence-corrected chi connectivity index (χ4v) is 4.17. The summed E-state index contributed by atoms with van der Waals surface area (Å²) in [6.45, 7) is 2.74. The molecule has 1 amide bonds. The number of hydrogen-bond donors (Lipinski definition) is 0. The molecule has 5 rings (SSSR count). The Balaban J connectivity index is 1.62. The fraction of sp³-hybridized carbons (Fsp3) is 0.231. The number of fused-ring (bicyclic) bond motifs is 2. The van der Waals surface area contributed by atoms with Crippen molar-refractivity contribution in [3.05, 3.63) is 93.9 Å². The molecule has 0 spiro atoms. The van der Waals surface area contributed by atoms with E-state index >= 15 is 0 Å². The van der Waals surface area contributed by atoms with Crippen LogP contribution in [0.1, 0.15) is 53.9 Å². The van der Waals surface area contributed by atoms with Crippen molar-refractivity contribution in [1.82, 2.24) is 9.97 Å². The lowest BCUT2D eigenvalue weighted by atomic mass is 9.98. The summed E-state index contributed by atoms with van der Waals surface area (Å²) in [5, 5.41) is 0.0725. The number of carbonyl (C=O) groups is 1. The highest BCUT2D eigenvalue weighted by Gasteiger charge is 2.44. The van der Waals surface area contributed by atoms with Crippen LogP contribution >= 0.6 is 0 Å². The van der Waals surface area contributed by atoms with Crippen molar-refractivity contribution in [3.8, 4) is 5.75 Å². The molecule has 0 fully saturated rings. The summed E-state index contributed by atoms with van der Waals surface area (Å²) < 4.78 is 25.5. The minimum atomic E-state index is -0.831. The third-order valence-electron chi connectivity index (χ3n) is 5.81. The molecule has 1 aliphatic rings. The monoisotopic (exact) mass is 459 g/mol. The van der Waals surface area contributed by atoms with Gasteiger partial charge in [-0.1, -0.05) is 31.9 Å². The zero-order chi connectivity index (χ0) is 23.7. The van der Waals surface area contributed by atoms with Gasteiger partial charge < -0.3 is 9.15 Å². The van der Waals surface area contributed by atoms with Crippen molar-refractivity contribution in [2.24, 2.45) is 0 Å². The normalized spacial score (nSPS) is 15.1. The number of anilines is 1. The summed E-state index contributed by atoms with van der Waals surface area (Å²) in [4.78, 5) is 36.7. The molecule has 8 heteroatoms. The van der Waals surface area contributed by atoms with E-state index < -0.39 is 23.2 Å². The molecule has 2 aromatic carbocycles. The van der Waals surface area contributed by atoms with Crippen LogP contribution in [-0.4, -0.2) is 22.5 Å². The number of nitrogens with zero attached hydrogens (tertiary/aromatic N) is 3. The van der Waals surface area contributed by atoms with Gasteiger partial charge in [0.1, 0.15) is 17.1 Å². The number of halogens is 1. The van der Waals surface area contributed by atoms with Gasteiger partial charge in [-0.3, -0.25) is 14.5 Å². The number of benzene rings is 2. The lowest BCUT2D eigenvalue weighted by Crippen LogP contribution is -2.31. The molecule has 0 radical (unpaired) electrons. The maximum absolute atomic E-state index is 13.9. The molecule has 34 heavy (non-hydrogen) atoms. The average molecular weight is 459 g/mol. The van der Waals surface area contributed by atoms with Crippen molar-refractivity contribution >= 4 is 22.8 Å². The number of ether oxygens (including phenoxy) is 1. The van der Waals surface area contributed by atoms with Gasteiger partial charge in [0.15, 0.2) is 5.43 Å². The third-order valence-corrected chi connectivity index (χ3v) is 5.81. The van der Waals surface area contributed by atoms with Gasteiger partial charge in [0.2, 0.25) is 11.7 Å². The van der Waals surface area contributed by atoms with Crippen LogP contribution in [0.25, 0.3) is 11.0 Å². The Morgan fingerprint density at radius 1 is 1.06 bits per heavy atom. The standard InChI is InChI=1S/C26H22FN3O4/c1-2-3-4-14-33-18-9-6-16(7-10-18)22-21-23(31)19-15-17(27)8-11-20(19)34-24(21)25(32)30(22)26-28-12-5-13-29-26/h5-13,15,22H,2-4,14H2,1H3. The fourth-order valence-electron chi connectivity index (χ4n) is 4.17. The Morgan fingerprint density at radius 3 is 2.56 bits per heavy atom. The number of hydrogen-bond acceptors (Lipinski definition) is 6. The smallest absolute Gasteiger partial charge is 0.297 e. The summed E-state index contributed by atoms with van der Waals surface area (Å²) in [5.74, 6) is -0.359. The van der Waals surface area contributed by atoms with Crippen LogP contribution < -0.4 is 15.1 Å². The van der Waals surface area contributed by atoms with Gasteiger partial charge in [0.25, 0.3) is 5.91 Å². The Labute approximate surface area is 194 Å². The molecule has 4 aromatic rings. The minimum Gasteiger partial charge on any atom is -0.494 e. The molecule has 172 valence electrons. The number of aromatic nitrogens is 2. The van der Waals surface area contributed by atoms with Gasteiger partial charge in [-0.25, -0.2) is 14.4 Å². The predicted molar refractivity (Wildman–Crippen MR) is 125 cm³/mol. The van der Waals surface area contributed by atoms with E-state index in [0.29, 0.717) is 17.9 Å². The van der Waals surface area contributed by atoms with E-state index in [1.807, 2.05) is 0 Å². The van der Waals surface area contributed by atoms with Gasteiger partial charge in [-0.2, -0.15) is 0 Å². The van der Waals surface area contributed by atoms with Crippen molar-refractivity contribution in [1.29, 1.82) is 0 Å². The van der Waals surface area contributed by atoms with Gasteiger partial charge in [-0.15, -0.1) is 0 Å². The predicted octanol–water partition coefficient (Wildman–Crippen LogP) is 5.04. The van der Waals surface area contributed by atoms with Crippen LogP contribution in [0.15, 0.2) is 70.1 Å². The summed E-state index contributed by atoms with van der Waals surface area (Å²) in [7, 11) is 0. The topological polar surface area (TPSA) is 85.5 Å². The first-order chi connectivity index (χ1) is 16.6. The van der Waals surface area contributed by atoms with Crippen LogP contribution in [0.5, 0.6) is 5.75 Å². The maximum atomic E-state index is 13.9. The number of unbranched alkanes of at least 4 members (excludes halogenated alkanes) is 2. The van der Waals surface area contributed by atoms with Crippen LogP contribution in [-0.2, 0) is 0 Å². The summed E-state index contributed by atoms with van der Waals surface area (Å²) in [6.07, 6.45) is 6.20. The molecule has 1 aliphatic heterocycles. The minimum absolute atomic E-state index is 0.0725. The number of amides is 1. The molecule has 0 N–H and O–H groups in total. The van der Waals surface area contributed by atoms with E-state index in [9.17, 15) is 14.0 Å². The lowest BCUT2D eigenvalue weighted by Gasteiger charge is -2.23. The van der Waals surface area contributed by atoms with Crippen LogP contribution in [0, 0.1) is 5.82 Å². The molecule has 0 aliphatic carbocycles. The highest BCUT2D eigenvalue weighted by Crippen LogP contribution is 2.40. The van der Waals surface area contributed by atoms with E-state index in [1.165, 1.54) is 29.4 Å². The molecule has 0 bridgehead atoms. The van der Waals surface area contributed by atoms with Crippen LogP contribution in [0.4, 0.5) is 10.3 Å². The molecular formula is C26H22FN3O4. The highest BCUT2D eigenvalue weighted by molar-refractivity contribution is 6.09. The van der Waals surface area contributed by atoms with Gasteiger partial charge >= 0.3 is 0 Å². The number of carbonyl (C=O) groups excluding carboxylic acids is 1. The first-order valence-electron chi connectivity index (χ1n) is 11.2. The highest BCUT2D eigenvalue weighted by atomic mass is 19.1. The van der Waals surface area contributed by atoms with Crippen LogP contribution in [0.3, 0.4) is 0 Å². The Kier molecular flexibility index (Phi) is 5.79. The maximum Gasteiger partial charge on any atom is 0.297 e. The van der Waals surface area contributed by atoms with Crippen molar-refractivity contribution in [2.75, 3.05) is 11.5 Å². The lowest BCUT2D eigenvalue weighted by molar-refractivity contribution is 0.0969. The van der Waals surface area contributed by atoms with Gasteiger partial charge in [0, 0.05) is 12.4 Å². The molecule has 1 unspecified atom stereocenters. The van der Waals surface area contributed by atoms with Crippen molar-refractivity contribution in [2.45, 2.75) is 32.2 Å². The quantitative estimate of drug-likeness (QED) is 0.360. The van der Waals surface area contributed by atoms with E-state index in [1.54, 1.807) is 30.3 Å². The second-order valence-corrected chi connectivity index (χ2v) is 8.07. The molecule has 0 saturated carbocycles. The second-order valence-electron chi connectivity index (χ2n) is 8.07. The van der Waals surface area contributed by atoms with E-state index in [-0.39, 0.29) is 28.2 Å². The average Bonchev–Trinajstić information content (AvgIpc) is 3.16. The Bertz CT molecular complexity index is 1400. The van der Waals surface area contributed by atoms with E-state index in [0.717, 1.165) is 25.3 Å². The Morgan fingerprint density at radius 2 is 1.82 bits per heavy atom. The Hall–Kier alpha value is -4.07. The molecule has 2 aromatic heterocycles. The van der Waals surface area contributed by atoms with E-state index in [4.69, 9.17) is 9.15 Å². The molecule has 0 saturated heterocycles. The molecule has 7 nitrogen and oxygen atoms in total. The SMILES string of the molecule is CCCCCOc1ccc(C2c3c(oc4ccc(F)cc4c3=O)C(=O)N2c2ncccn2)cc1. The largest absolute Gasteiger partial charge is 0.494 e. The molecule has 3 heterocycles. The third kappa shape index (κ3) is 3.81. The number of rotatable bonds is 7. The van der Waals surface area contributed by atoms with Gasteiger partial charge in [-0.05, 0) is 48.4 Å². The van der Waals surface area contributed by atoms with E-state index in [2.05, 4.69) is 16.9 Å².